The summed E-state index contributed by atoms with van der Waals surface area (Å²) < 4.78 is 18.6. The summed E-state index contributed by atoms with van der Waals surface area (Å²) in [4.78, 5) is 18.5. The van der Waals surface area contributed by atoms with E-state index in [-0.39, 0.29) is 18.3 Å². The van der Waals surface area contributed by atoms with Crippen LogP contribution >= 0.6 is 0 Å². The third-order valence-corrected chi connectivity index (χ3v) is 3.60. The van der Waals surface area contributed by atoms with E-state index in [4.69, 9.17) is 4.42 Å². The summed E-state index contributed by atoms with van der Waals surface area (Å²) in [6.07, 6.45) is 4.72. The quantitative estimate of drug-likeness (QED) is 0.650. The van der Waals surface area contributed by atoms with E-state index in [2.05, 4.69) is 4.98 Å². The van der Waals surface area contributed by atoms with Crippen molar-refractivity contribution in [1.29, 1.82) is 0 Å². The topological polar surface area (TPSA) is 46.3 Å². The number of pyridine rings is 1. The van der Waals surface area contributed by atoms with Crippen molar-refractivity contribution >= 4 is 17.7 Å². The van der Waals surface area contributed by atoms with Crippen LogP contribution in [0.25, 0.3) is 6.08 Å². The minimum absolute atomic E-state index is 0.244. The summed E-state index contributed by atoms with van der Waals surface area (Å²) in [5.41, 5.74) is 1.33. The zero-order chi connectivity index (χ0) is 17.6. The fraction of sp³-hybridized carbons (Fsp3) is 0.100. The number of anilines is 1. The Morgan fingerprint density at radius 2 is 1.96 bits per heavy atom. The molecule has 3 rings (SSSR count). The maximum Gasteiger partial charge on any atom is 0.251 e. The number of nitrogens with zero attached hydrogens (tertiary/aromatic N) is 2. The summed E-state index contributed by atoms with van der Waals surface area (Å²) in [5.74, 6) is 0.778. The van der Waals surface area contributed by atoms with Crippen LogP contribution in [0.2, 0.25) is 0 Å². The Morgan fingerprint density at radius 3 is 2.60 bits per heavy atom. The molecule has 3 aromatic rings. The van der Waals surface area contributed by atoms with E-state index in [1.54, 1.807) is 30.5 Å². The molecule has 5 heteroatoms. The van der Waals surface area contributed by atoms with Crippen molar-refractivity contribution in [1.82, 2.24) is 4.98 Å². The van der Waals surface area contributed by atoms with Gasteiger partial charge in [0.1, 0.15) is 17.3 Å². The van der Waals surface area contributed by atoms with E-state index in [0.717, 1.165) is 11.5 Å². The molecule has 25 heavy (non-hydrogen) atoms. The van der Waals surface area contributed by atoms with Gasteiger partial charge in [-0.2, -0.15) is 0 Å². The smallest absolute Gasteiger partial charge is 0.251 e. The van der Waals surface area contributed by atoms with Crippen LogP contribution < -0.4 is 4.90 Å². The number of rotatable bonds is 5. The number of halogens is 1. The Balaban J connectivity index is 1.85. The molecule has 2 heterocycles. The second-order valence-electron chi connectivity index (χ2n) is 5.50. The lowest BCUT2D eigenvalue weighted by molar-refractivity contribution is -0.114. The minimum atomic E-state index is -0.351. The molecule has 0 spiro atoms. The third kappa shape index (κ3) is 4.41. The van der Waals surface area contributed by atoms with Gasteiger partial charge in [0.15, 0.2) is 0 Å². The second-order valence-corrected chi connectivity index (χ2v) is 5.50. The van der Waals surface area contributed by atoms with E-state index < -0.39 is 0 Å². The van der Waals surface area contributed by atoms with E-state index in [1.807, 2.05) is 31.2 Å². The number of furan rings is 1. The summed E-state index contributed by atoms with van der Waals surface area (Å²) in [5, 5.41) is 0. The Kier molecular flexibility index (Phi) is 5.04. The van der Waals surface area contributed by atoms with Crippen LogP contribution in [-0.4, -0.2) is 10.9 Å². The first-order valence-electron chi connectivity index (χ1n) is 7.83. The molecule has 1 amide bonds. The first kappa shape index (κ1) is 16.6. The molecule has 126 valence electrons. The molecule has 0 aliphatic rings. The molecule has 0 aliphatic heterocycles. The molecule has 0 aliphatic carbocycles. The molecule has 0 N–H and O–H groups in total. The Morgan fingerprint density at radius 1 is 1.16 bits per heavy atom. The third-order valence-electron chi connectivity index (χ3n) is 3.60. The van der Waals surface area contributed by atoms with Gasteiger partial charge in [-0.15, -0.1) is 0 Å². The lowest BCUT2D eigenvalue weighted by Gasteiger charge is -2.21. The van der Waals surface area contributed by atoms with Crippen molar-refractivity contribution in [2.75, 3.05) is 4.90 Å². The molecule has 0 unspecified atom stereocenters. The maximum absolute atomic E-state index is 13.2. The van der Waals surface area contributed by atoms with E-state index >= 15 is 0 Å². The average Bonchev–Trinajstić information content (AvgIpc) is 3.05. The largest absolute Gasteiger partial charge is 0.462 e. The van der Waals surface area contributed by atoms with Gasteiger partial charge in [0.2, 0.25) is 0 Å². The zero-order valence-corrected chi connectivity index (χ0v) is 13.7. The number of aromatic nitrogens is 1. The van der Waals surface area contributed by atoms with Gasteiger partial charge in [-0.05, 0) is 61.5 Å². The van der Waals surface area contributed by atoms with Crippen LogP contribution in [0, 0.1) is 12.7 Å². The van der Waals surface area contributed by atoms with Gasteiger partial charge >= 0.3 is 0 Å². The number of hydrogen-bond acceptors (Lipinski definition) is 3. The Hall–Kier alpha value is -3.21. The number of hydrogen-bond donors (Lipinski definition) is 0. The molecule has 0 bridgehead atoms. The van der Waals surface area contributed by atoms with Crippen LogP contribution in [0.5, 0.6) is 0 Å². The lowest BCUT2D eigenvalue weighted by Crippen LogP contribution is -2.29. The number of carbonyl (C=O) groups is 1. The molecular weight excluding hydrogens is 319 g/mol. The van der Waals surface area contributed by atoms with Crippen molar-refractivity contribution in [3.05, 3.63) is 89.9 Å². The normalized spacial score (nSPS) is 11.0. The summed E-state index contributed by atoms with van der Waals surface area (Å²) >= 11 is 0. The van der Waals surface area contributed by atoms with Crippen LogP contribution in [-0.2, 0) is 11.3 Å². The highest BCUT2D eigenvalue weighted by Gasteiger charge is 2.15. The zero-order valence-electron chi connectivity index (χ0n) is 13.7. The molecule has 1 aromatic carbocycles. The van der Waals surface area contributed by atoms with Crippen LogP contribution in [0.15, 0.2) is 71.3 Å². The SMILES string of the molecule is Cc1ccc(C=CC(=O)N(Cc2ccccn2)c2ccc(F)cc2)o1. The molecule has 0 radical (unpaired) electrons. The fourth-order valence-electron chi connectivity index (χ4n) is 2.36. The van der Waals surface area contributed by atoms with Crippen molar-refractivity contribution in [3.8, 4) is 0 Å². The van der Waals surface area contributed by atoms with Gasteiger partial charge in [0, 0.05) is 18.0 Å². The van der Waals surface area contributed by atoms with Crippen molar-refractivity contribution in [3.63, 3.8) is 0 Å². The fourth-order valence-corrected chi connectivity index (χ4v) is 2.36. The average molecular weight is 336 g/mol. The Bertz CT molecular complexity index is 870. The first-order valence-corrected chi connectivity index (χ1v) is 7.83. The molecule has 0 atom stereocenters. The molecule has 0 fully saturated rings. The number of benzene rings is 1. The highest BCUT2D eigenvalue weighted by Crippen LogP contribution is 2.18. The van der Waals surface area contributed by atoms with E-state index in [9.17, 15) is 9.18 Å². The van der Waals surface area contributed by atoms with Gasteiger partial charge in [0.05, 0.1) is 12.2 Å². The molecule has 0 saturated carbocycles. The van der Waals surface area contributed by atoms with Crippen molar-refractivity contribution in [2.24, 2.45) is 0 Å². The number of carbonyl (C=O) groups excluding carboxylic acids is 1. The predicted octanol–water partition coefficient (Wildman–Crippen LogP) is 4.37. The molecular formula is C20H17FN2O2. The predicted molar refractivity (Wildman–Crippen MR) is 94.3 cm³/mol. The van der Waals surface area contributed by atoms with Gasteiger partial charge in [-0.25, -0.2) is 4.39 Å². The van der Waals surface area contributed by atoms with Gasteiger partial charge in [-0.3, -0.25) is 9.78 Å². The van der Waals surface area contributed by atoms with Gasteiger partial charge < -0.3 is 9.32 Å². The first-order chi connectivity index (χ1) is 12.1. The molecule has 4 nitrogen and oxygen atoms in total. The standard InChI is InChI=1S/C20H17FN2O2/c1-15-5-10-19(25-15)11-12-20(24)23(14-17-4-2-3-13-22-17)18-8-6-16(21)7-9-18/h2-13H,14H2,1H3. The van der Waals surface area contributed by atoms with E-state index in [1.165, 1.54) is 23.1 Å². The van der Waals surface area contributed by atoms with Crippen LogP contribution in [0.3, 0.4) is 0 Å². The molecule has 0 saturated heterocycles. The summed E-state index contributed by atoms with van der Waals surface area (Å²) in [6, 6.07) is 14.9. The monoisotopic (exact) mass is 336 g/mol. The van der Waals surface area contributed by atoms with Crippen molar-refractivity contribution < 1.29 is 13.6 Å². The second kappa shape index (κ2) is 7.57. The lowest BCUT2D eigenvalue weighted by atomic mass is 10.2. The van der Waals surface area contributed by atoms with Gasteiger partial charge in [-0.1, -0.05) is 6.07 Å². The maximum atomic E-state index is 13.2. The highest BCUT2D eigenvalue weighted by atomic mass is 19.1. The van der Waals surface area contributed by atoms with Gasteiger partial charge in [0.25, 0.3) is 5.91 Å². The van der Waals surface area contributed by atoms with Crippen LogP contribution in [0.4, 0.5) is 10.1 Å². The highest BCUT2D eigenvalue weighted by molar-refractivity contribution is 6.03. The molecule has 2 aromatic heterocycles. The minimum Gasteiger partial charge on any atom is -0.462 e. The Labute approximate surface area is 145 Å². The van der Waals surface area contributed by atoms with Crippen LogP contribution in [0.1, 0.15) is 17.2 Å². The number of aryl methyl sites for hydroxylation is 1. The van der Waals surface area contributed by atoms with E-state index in [0.29, 0.717) is 11.4 Å². The summed E-state index contributed by atoms with van der Waals surface area (Å²) in [7, 11) is 0. The number of amides is 1. The summed E-state index contributed by atoms with van der Waals surface area (Å²) in [6.45, 7) is 2.12. The van der Waals surface area contributed by atoms with Crippen molar-refractivity contribution in [2.45, 2.75) is 13.5 Å².